The summed E-state index contributed by atoms with van der Waals surface area (Å²) in [4.78, 5) is 22.1. The molecule has 0 bridgehead atoms. The number of amides is 1. The Labute approximate surface area is 123 Å². The number of nitrogens with one attached hydrogen (secondary N) is 1. The molecular formula is C15H21NO5. The van der Waals surface area contributed by atoms with E-state index in [9.17, 15) is 19.8 Å². The fourth-order valence-electron chi connectivity index (χ4n) is 1.79. The summed E-state index contributed by atoms with van der Waals surface area (Å²) >= 11 is 0. The molecule has 0 radical (unpaired) electrons. The maximum absolute atomic E-state index is 11.3. The van der Waals surface area contributed by atoms with Crippen LogP contribution in [0.2, 0.25) is 0 Å². The van der Waals surface area contributed by atoms with E-state index in [1.807, 2.05) is 0 Å². The van der Waals surface area contributed by atoms with E-state index in [0.717, 1.165) is 5.56 Å². The fraction of sp³-hybridized carbons (Fsp3) is 0.467. The Hall–Kier alpha value is -1.92. The topological polar surface area (TPSA) is 95.9 Å². The molecule has 1 aromatic rings. The van der Waals surface area contributed by atoms with E-state index < -0.39 is 12.2 Å². The average molecular weight is 295 g/mol. The number of carbonyl (C=O) groups excluding carboxylic acids is 2. The van der Waals surface area contributed by atoms with Crippen molar-refractivity contribution in [1.29, 1.82) is 0 Å². The molecule has 1 rings (SSSR count). The molecule has 116 valence electrons. The van der Waals surface area contributed by atoms with Crippen LogP contribution in [0.25, 0.3) is 0 Å². The van der Waals surface area contributed by atoms with Gasteiger partial charge in [-0.25, -0.2) is 0 Å². The molecule has 3 N–H and O–H groups in total. The number of ether oxygens (including phenoxy) is 1. The highest BCUT2D eigenvalue weighted by atomic mass is 16.5. The van der Waals surface area contributed by atoms with Crippen LogP contribution in [-0.2, 0) is 20.7 Å². The smallest absolute Gasteiger partial charge is 0.310 e. The number of rotatable bonds is 7. The van der Waals surface area contributed by atoms with Gasteiger partial charge in [-0.2, -0.15) is 0 Å². The molecular weight excluding hydrogens is 274 g/mol. The van der Waals surface area contributed by atoms with E-state index in [1.54, 1.807) is 31.2 Å². The van der Waals surface area contributed by atoms with Crippen LogP contribution in [0.4, 0.5) is 0 Å². The minimum Gasteiger partial charge on any atom is -0.466 e. The molecule has 2 unspecified atom stereocenters. The van der Waals surface area contributed by atoms with Crippen molar-refractivity contribution in [2.24, 2.45) is 0 Å². The molecule has 6 heteroatoms. The van der Waals surface area contributed by atoms with E-state index in [1.165, 1.54) is 6.92 Å². The Bertz CT molecular complexity index is 471. The number of aliphatic hydroxyl groups excluding tert-OH is 2. The van der Waals surface area contributed by atoms with Gasteiger partial charge in [-0.3, -0.25) is 9.59 Å². The second kappa shape index (κ2) is 8.39. The monoisotopic (exact) mass is 295 g/mol. The molecule has 6 nitrogen and oxygen atoms in total. The summed E-state index contributed by atoms with van der Waals surface area (Å²) in [7, 11) is 0. The molecule has 0 aliphatic rings. The first-order chi connectivity index (χ1) is 9.93. The second-order valence-corrected chi connectivity index (χ2v) is 4.67. The summed E-state index contributed by atoms with van der Waals surface area (Å²) < 4.78 is 4.85. The summed E-state index contributed by atoms with van der Waals surface area (Å²) in [6, 6.07) is 6.66. The summed E-state index contributed by atoms with van der Waals surface area (Å²) in [6.45, 7) is 3.39. The largest absolute Gasteiger partial charge is 0.466 e. The third-order valence-corrected chi connectivity index (χ3v) is 2.90. The van der Waals surface area contributed by atoms with Crippen LogP contribution >= 0.6 is 0 Å². The molecule has 0 spiro atoms. The molecule has 1 aromatic carbocycles. The SMILES string of the molecule is CCOC(=O)Cc1ccc(C(O)C(O)CNC(C)=O)cc1. The van der Waals surface area contributed by atoms with Gasteiger partial charge in [-0.15, -0.1) is 0 Å². The number of benzene rings is 1. The lowest BCUT2D eigenvalue weighted by Gasteiger charge is -2.18. The van der Waals surface area contributed by atoms with Crippen molar-refractivity contribution in [3.8, 4) is 0 Å². The average Bonchev–Trinajstić information content (AvgIpc) is 2.45. The van der Waals surface area contributed by atoms with Crippen molar-refractivity contribution in [3.05, 3.63) is 35.4 Å². The van der Waals surface area contributed by atoms with Gasteiger partial charge in [0.2, 0.25) is 5.91 Å². The van der Waals surface area contributed by atoms with Crippen molar-refractivity contribution >= 4 is 11.9 Å². The molecule has 0 heterocycles. The molecule has 0 saturated heterocycles. The van der Waals surface area contributed by atoms with E-state index in [0.29, 0.717) is 12.2 Å². The van der Waals surface area contributed by atoms with Gasteiger partial charge in [0.25, 0.3) is 0 Å². The molecule has 0 fully saturated rings. The van der Waals surface area contributed by atoms with Crippen LogP contribution in [0.5, 0.6) is 0 Å². The van der Waals surface area contributed by atoms with Crippen molar-refractivity contribution in [1.82, 2.24) is 5.32 Å². The Kier molecular flexibility index (Phi) is 6.84. The molecule has 0 saturated carbocycles. The Morgan fingerprint density at radius 3 is 2.38 bits per heavy atom. The van der Waals surface area contributed by atoms with Gasteiger partial charge < -0.3 is 20.3 Å². The quantitative estimate of drug-likeness (QED) is 0.630. The molecule has 0 aliphatic carbocycles. The van der Waals surface area contributed by atoms with Crippen LogP contribution in [0.1, 0.15) is 31.1 Å². The Balaban J connectivity index is 2.60. The van der Waals surface area contributed by atoms with Crippen LogP contribution in [0, 0.1) is 0 Å². The number of esters is 1. The van der Waals surface area contributed by atoms with Crippen molar-refractivity contribution in [2.45, 2.75) is 32.5 Å². The Morgan fingerprint density at radius 1 is 1.24 bits per heavy atom. The van der Waals surface area contributed by atoms with Crippen LogP contribution < -0.4 is 5.32 Å². The van der Waals surface area contributed by atoms with Crippen molar-refractivity contribution in [2.75, 3.05) is 13.2 Å². The minimum absolute atomic E-state index is 0.0267. The van der Waals surface area contributed by atoms with E-state index in [4.69, 9.17) is 4.74 Å². The maximum Gasteiger partial charge on any atom is 0.310 e. The van der Waals surface area contributed by atoms with E-state index >= 15 is 0 Å². The molecule has 2 atom stereocenters. The lowest BCUT2D eigenvalue weighted by Crippen LogP contribution is -2.34. The minimum atomic E-state index is -1.10. The highest BCUT2D eigenvalue weighted by Gasteiger charge is 2.18. The number of hydrogen-bond donors (Lipinski definition) is 3. The predicted octanol–water partition coefficient (Wildman–Crippen LogP) is 0.323. The van der Waals surface area contributed by atoms with Gasteiger partial charge in [0.05, 0.1) is 13.0 Å². The Morgan fingerprint density at radius 2 is 1.86 bits per heavy atom. The number of aliphatic hydroxyl groups is 2. The first-order valence-electron chi connectivity index (χ1n) is 6.79. The van der Waals surface area contributed by atoms with Crippen LogP contribution in [0.15, 0.2) is 24.3 Å². The number of hydrogen-bond acceptors (Lipinski definition) is 5. The zero-order valence-corrected chi connectivity index (χ0v) is 12.2. The highest BCUT2D eigenvalue weighted by Crippen LogP contribution is 2.17. The third-order valence-electron chi connectivity index (χ3n) is 2.90. The predicted molar refractivity (Wildman–Crippen MR) is 76.4 cm³/mol. The van der Waals surface area contributed by atoms with Gasteiger partial charge in [0.1, 0.15) is 12.2 Å². The highest BCUT2D eigenvalue weighted by molar-refractivity contribution is 5.73. The van der Waals surface area contributed by atoms with E-state index in [-0.39, 0.29) is 24.8 Å². The van der Waals surface area contributed by atoms with Gasteiger partial charge in [0.15, 0.2) is 0 Å². The maximum atomic E-state index is 11.3. The van der Waals surface area contributed by atoms with Crippen molar-refractivity contribution in [3.63, 3.8) is 0 Å². The lowest BCUT2D eigenvalue weighted by molar-refractivity contribution is -0.142. The first-order valence-corrected chi connectivity index (χ1v) is 6.79. The second-order valence-electron chi connectivity index (χ2n) is 4.67. The summed E-state index contributed by atoms with van der Waals surface area (Å²) in [5.74, 6) is -0.581. The summed E-state index contributed by atoms with van der Waals surface area (Å²) in [6.07, 6.45) is -2.03. The van der Waals surface area contributed by atoms with E-state index in [2.05, 4.69) is 5.32 Å². The van der Waals surface area contributed by atoms with Gasteiger partial charge in [0, 0.05) is 13.5 Å². The zero-order chi connectivity index (χ0) is 15.8. The van der Waals surface area contributed by atoms with Gasteiger partial charge in [-0.05, 0) is 18.1 Å². The first kappa shape index (κ1) is 17.1. The van der Waals surface area contributed by atoms with Crippen LogP contribution in [0.3, 0.4) is 0 Å². The molecule has 0 aliphatic heterocycles. The van der Waals surface area contributed by atoms with Gasteiger partial charge in [-0.1, -0.05) is 24.3 Å². The fourth-order valence-corrected chi connectivity index (χ4v) is 1.79. The summed E-state index contributed by atoms with van der Waals surface area (Å²) in [5.41, 5.74) is 1.28. The van der Waals surface area contributed by atoms with Crippen molar-refractivity contribution < 1.29 is 24.5 Å². The normalized spacial score (nSPS) is 13.3. The third kappa shape index (κ3) is 5.93. The van der Waals surface area contributed by atoms with Crippen LogP contribution in [-0.4, -0.2) is 41.3 Å². The zero-order valence-electron chi connectivity index (χ0n) is 12.2. The molecule has 1 amide bonds. The molecule has 21 heavy (non-hydrogen) atoms. The summed E-state index contributed by atoms with van der Waals surface area (Å²) in [5, 5.41) is 22.2. The lowest BCUT2D eigenvalue weighted by atomic mass is 10.0. The van der Waals surface area contributed by atoms with Gasteiger partial charge >= 0.3 is 5.97 Å². The molecule has 0 aromatic heterocycles. The standard InChI is InChI=1S/C15H21NO5/c1-3-21-14(19)8-11-4-6-12(7-5-11)15(20)13(18)9-16-10(2)17/h4-7,13,15,18,20H,3,8-9H2,1-2H3,(H,16,17). The number of carbonyl (C=O) groups is 2.